The third-order valence-electron chi connectivity index (χ3n) is 4.38. The number of nitrogens with one attached hydrogen (secondary N) is 1. The van der Waals surface area contributed by atoms with E-state index >= 15 is 0 Å². The summed E-state index contributed by atoms with van der Waals surface area (Å²) in [6, 6.07) is 10.5. The van der Waals surface area contributed by atoms with Crippen molar-refractivity contribution in [3.8, 4) is 0 Å². The Morgan fingerprint density at radius 1 is 1.20 bits per heavy atom. The van der Waals surface area contributed by atoms with Crippen molar-refractivity contribution in [2.75, 3.05) is 6.54 Å². The first-order valence-electron chi connectivity index (χ1n) is 7.46. The first kappa shape index (κ1) is 12.1. The van der Waals surface area contributed by atoms with E-state index in [1.54, 1.807) is 0 Å². The maximum atomic E-state index is 5.39. The van der Waals surface area contributed by atoms with Gasteiger partial charge in [0.15, 0.2) is 5.82 Å². The molecule has 2 aliphatic rings. The summed E-state index contributed by atoms with van der Waals surface area (Å²) in [7, 11) is 0. The summed E-state index contributed by atoms with van der Waals surface area (Å²) in [4.78, 5) is 4.60. The van der Waals surface area contributed by atoms with Crippen molar-refractivity contribution >= 4 is 0 Å². The highest BCUT2D eigenvalue weighted by atomic mass is 16.5. The maximum absolute atomic E-state index is 5.39. The van der Waals surface area contributed by atoms with E-state index in [0.717, 1.165) is 31.1 Å². The summed E-state index contributed by atoms with van der Waals surface area (Å²) in [5, 5.41) is 7.61. The monoisotopic (exact) mass is 269 g/mol. The lowest BCUT2D eigenvalue weighted by Gasteiger charge is -2.10. The Balaban J connectivity index is 1.47. The minimum absolute atomic E-state index is 0.0134. The van der Waals surface area contributed by atoms with Crippen molar-refractivity contribution < 1.29 is 4.52 Å². The van der Waals surface area contributed by atoms with Crippen LogP contribution >= 0.6 is 0 Å². The summed E-state index contributed by atoms with van der Waals surface area (Å²) in [5.41, 5.74) is 1.32. The lowest BCUT2D eigenvalue weighted by Crippen LogP contribution is -2.16. The predicted molar refractivity (Wildman–Crippen MR) is 75.2 cm³/mol. The highest BCUT2D eigenvalue weighted by molar-refractivity contribution is 5.38. The Bertz CT molecular complexity index is 585. The van der Waals surface area contributed by atoms with Gasteiger partial charge >= 0.3 is 0 Å². The minimum atomic E-state index is 0.0134. The van der Waals surface area contributed by atoms with Crippen molar-refractivity contribution in [1.82, 2.24) is 15.5 Å². The minimum Gasteiger partial charge on any atom is -0.338 e. The Hall–Kier alpha value is -1.68. The van der Waals surface area contributed by atoms with Crippen molar-refractivity contribution in [2.24, 2.45) is 5.92 Å². The lowest BCUT2D eigenvalue weighted by atomic mass is 9.95. The van der Waals surface area contributed by atoms with Gasteiger partial charge in [-0.1, -0.05) is 35.5 Å². The van der Waals surface area contributed by atoms with Gasteiger partial charge in [-0.3, -0.25) is 0 Å². The molecule has 1 heterocycles. The van der Waals surface area contributed by atoms with Crippen LogP contribution in [-0.2, 0) is 12.0 Å². The zero-order chi connectivity index (χ0) is 13.4. The normalized spacial score (nSPS) is 20.0. The summed E-state index contributed by atoms with van der Waals surface area (Å²) in [6.07, 6.45) is 4.95. The molecule has 0 amide bonds. The first-order chi connectivity index (χ1) is 9.87. The summed E-state index contributed by atoms with van der Waals surface area (Å²) < 4.78 is 5.39. The second kappa shape index (κ2) is 4.70. The standard InChI is InChI=1S/C16H19N3O/c1-2-4-13(5-3-1)16(8-9-16)15-18-14(20-19-15)11-17-10-12-6-7-12/h1-5,12,17H,6-11H2. The molecule has 0 bridgehead atoms. The van der Waals surface area contributed by atoms with Crippen LogP contribution in [0.2, 0.25) is 0 Å². The van der Waals surface area contributed by atoms with Crippen molar-refractivity contribution in [1.29, 1.82) is 0 Å². The average molecular weight is 269 g/mol. The summed E-state index contributed by atoms with van der Waals surface area (Å²) in [5.74, 6) is 2.44. The van der Waals surface area contributed by atoms with Gasteiger partial charge in [0, 0.05) is 0 Å². The van der Waals surface area contributed by atoms with Crippen LogP contribution in [0.25, 0.3) is 0 Å². The smallest absolute Gasteiger partial charge is 0.240 e. The molecule has 104 valence electrons. The van der Waals surface area contributed by atoms with Gasteiger partial charge in [-0.15, -0.1) is 0 Å². The molecule has 4 rings (SSSR count). The van der Waals surface area contributed by atoms with E-state index < -0.39 is 0 Å². The van der Waals surface area contributed by atoms with Gasteiger partial charge in [-0.25, -0.2) is 0 Å². The third kappa shape index (κ3) is 2.24. The van der Waals surface area contributed by atoms with E-state index in [1.165, 1.54) is 18.4 Å². The van der Waals surface area contributed by atoms with E-state index in [4.69, 9.17) is 4.52 Å². The molecule has 20 heavy (non-hydrogen) atoms. The van der Waals surface area contributed by atoms with E-state index in [-0.39, 0.29) is 5.41 Å². The van der Waals surface area contributed by atoms with Gasteiger partial charge < -0.3 is 9.84 Å². The fourth-order valence-electron chi connectivity index (χ4n) is 2.75. The van der Waals surface area contributed by atoms with Crippen LogP contribution in [0.3, 0.4) is 0 Å². The molecule has 0 atom stereocenters. The van der Waals surface area contributed by atoms with Crippen molar-refractivity contribution in [3.05, 3.63) is 47.6 Å². The number of hydrogen-bond acceptors (Lipinski definition) is 4. The Morgan fingerprint density at radius 3 is 2.70 bits per heavy atom. The molecular weight excluding hydrogens is 250 g/mol. The van der Waals surface area contributed by atoms with Crippen LogP contribution in [0.5, 0.6) is 0 Å². The molecule has 0 unspecified atom stereocenters. The van der Waals surface area contributed by atoms with Gasteiger partial charge in [-0.05, 0) is 43.7 Å². The first-order valence-corrected chi connectivity index (χ1v) is 7.46. The second-order valence-electron chi connectivity index (χ2n) is 6.03. The van der Waals surface area contributed by atoms with Crippen LogP contribution in [0.15, 0.2) is 34.9 Å². The lowest BCUT2D eigenvalue weighted by molar-refractivity contribution is 0.360. The van der Waals surface area contributed by atoms with E-state index in [0.29, 0.717) is 12.4 Å². The maximum Gasteiger partial charge on any atom is 0.240 e. The predicted octanol–water partition coefficient (Wildman–Crippen LogP) is 2.65. The van der Waals surface area contributed by atoms with Crippen LogP contribution in [0, 0.1) is 5.92 Å². The van der Waals surface area contributed by atoms with E-state index in [1.807, 2.05) is 6.07 Å². The zero-order valence-corrected chi connectivity index (χ0v) is 11.5. The van der Waals surface area contributed by atoms with Crippen LogP contribution in [0.1, 0.15) is 43.0 Å². The van der Waals surface area contributed by atoms with Crippen LogP contribution in [0.4, 0.5) is 0 Å². The topological polar surface area (TPSA) is 51.0 Å². The highest BCUT2D eigenvalue weighted by Gasteiger charge is 2.49. The molecule has 2 saturated carbocycles. The number of hydrogen-bond donors (Lipinski definition) is 1. The molecule has 1 N–H and O–H groups in total. The molecule has 1 aromatic heterocycles. The van der Waals surface area contributed by atoms with Gasteiger partial charge in [-0.2, -0.15) is 4.98 Å². The molecule has 0 aliphatic heterocycles. The van der Waals surface area contributed by atoms with Crippen LogP contribution in [-0.4, -0.2) is 16.7 Å². The molecular formula is C16H19N3O. The third-order valence-corrected chi connectivity index (χ3v) is 4.38. The van der Waals surface area contributed by atoms with Gasteiger partial charge in [0.1, 0.15) is 0 Å². The molecule has 0 spiro atoms. The molecule has 4 nitrogen and oxygen atoms in total. The largest absolute Gasteiger partial charge is 0.338 e. The molecule has 4 heteroatoms. The van der Waals surface area contributed by atoms with Gasteiger partial charge in [0.2, 0.25) is 5.89 Å². The zero-order valence-electron chi connectivity index (χ0n) is 11.5. The molecule has 2 fully saturated rings. The molecule has 2 aromatic rings. The fourth-order valence-corrected chi connectivity index (χ4v) is 2.75. The molecule has 0 saturated heterocycles. The average Bonchev–Trinajstić information content (AvgIpc) is 3.41. The van der Waals surface area contributed by atoms with Crippen molar-refractivity contribution in [2.45, 2.75) is 37.6 Å². The second-order valence-corrected chi connectivity index (χ2v) is 6.03. The Kier molecular flexibility index (Phi) is 2.84. The van der Waals surface area contributed by atoms with Gasteiger partial charge in [0.05, 0.1) is 12.0 Å². The number of aromatic nitrogens is 2. The highest BCUT2D eigenvalue weighted by Crippen LogP contribution is 2.52. The van der Waals surface area contributed by atoms with Crippen molar-refractivity contribution in [3.63, 3.8) is 0 Å². The van der Waals surface area contributed by atoms with E-state index in [9.17, 15) is 0 Å². The van der Waals surface area contributed by atoms with Crippen LogP contribution < -0.4 is 5.32 Å². The fraction of sp³-hybridized carbons (Fsp3) is 0.500. The number of rotatable bonds is 6. The summed E-state index contributed by atoms with van der Waals surface area (Å²) in [6.45, 7) is 1.76. The number of benzene rings is 1. The van der Waals surface area contributed by atoms with Gasteiger partial charge in [0.25, 0.3) is 0 Å². The Morgan fingerprint density at radius 2 is 2.00 bits per heavy atom. The molecule has 2 aliphatic carbocycles. The molecule has 1 aromatic carbocycles. The van der Waals surface area contributed by atoms with E-state index in [2.05, 4.69) is 39.7 Å². The summed E-state index contributed by atoms with van der Waals surface area (Å²) >= 11 is 0. The Labute approximate surface area is 118 Å². The molecule has 0 radical (unpaired) electrons. The SMILES string of the molecule is c1ccc(C2(c3noc(CNCC4CC4)n3)CC2)cc1. The number of nitrogens with zero attached hydrogens (tertiary/aromatic N) is 2. The quantitative estimate of drug-likeness (QED) is 0.876.